The van der Waals surface area contributed by atoms with Crippen LogP contribution >= 0.6 is 12.6 Å². The molecule has 1 aromatic carbocycles. The fourth-order valence-electron chi connectivity index (χ4n) is 1.02. The molecule has 4 heteroatoms. The number of rotatable bonds is 3. The van der Waals surface area contributed by atoms with Crippen LogP contribution in [0.2, 0.25) is 0 Å². The van der Waals surface area contributed by atoms with Gasteiger partial charge in [-0.05, 0) is 17.7 Å². The summed E-state index contributed by atoms with van der Waals surface area (Å²) in [4.78, 5) is 11.1. The highest BCUT2D eigenvalue weighted by Crippen LogP contribution is 2.06. The topological polar surface area (TPSA) is 55.1 Å². The number of amides is 1. The lowest BCUT2D eigenvalue weighted by atomic mass is 10.1. The largest absolute Gasteiger partial charge is 0.290 e. The molecule has 74 valence electrons. The minimum Gasteiger partial charge on any atom is -0.290 e. The number of benzene rings is 1. The Bertz CT molecular complexity index is 332. The predicted molar refractivity (Wildman–Crippen MR) is 61.0 cm³/mol. The zero-order valence-electron chi connectivity index (χ0n) is 7.60. The molecule has 0 fully saturated rings. The van der Waals surface area contributed by atoms with Crippen molar-refractivity contribution >= 4 is 24.6 Å². The van der Waals surface area contributed by atoms with E-state index in [0.29, 0.717) is 11.3 Å². The van der Waals surface area contributed by atoms with Crippen LogP contribution < -0.4 is 11.3 Å². The number of hydrogen-bond acceptors (Lipinski definition) is 3. The van der Waals surface area contributed by atoms with Crippen molar-refractivity contribution in [1.82, 2.24) is 5.43 Å². The highest BCUT2D eigenvalue weighted by Gasteiger charge is 2.00. The van der Waals surface area contributed by atoms with Gasteiger partial charge in [-0.25, -0.2) is 5.84 Å². The number of nitrogens with one attached hydrogen (secondary N) is 1. The molecule has 14 heavy (non-hydrogen) atoms. The Labute approximate surface area is 88.4 Å². The molecule has 0 heterocycles. The SMILES string of the molecule is NNC(=O)c1ccc(C=CCS)cc1. The van der Waals surface area contributed by atoms with Crippen molar-refractivity contribution in [2.24, 2.45) is 5.84 Å². The Morgan fingerprint density at radius 1 is 1.43 bits per heavy atom. The van der Waals surface area contributed by atoms with E-state index in [1.807, 2.05) is 24.3 Å². The Balaban J connectivity index is 2.78. The summed E-state index contributed by atoms with van der Waals surface area (Å²) in [6.45, 7) is 0. The number of hydrogen-bond donors (Lipinski definition) is 3. The first-order chi connectivity index (χ1) is 6.77. The molecule has 0 aliphatic carbocycles. The van der Waals surface area contributed by atoms with Gasteiger partial charge in [0, 0.05) is 11.3 Å². The molecule has 0 atom stereocenters. The van der Waals surface area contributed by atoms with E-state index in [-0.39, 0.29) is 5.91 Å². The fourth-order valence-corrected chi connectivity index (χ4v) is 1.12. The molecule has 0 saturated carbocycles. The van der Waals surface area contributed by atoms with Gasteiger partial charge in [0.15, 0.2) is 0 Å². The second-order valence-corrected chi connectivity index (χ2v) is 3.05. The Hall–Kier alpha value is -1.26. The monoisotopic (exact) mass is 208 g/mol. The van der Waals surface area contributed by atoms with Crippen LogP contribution in [0.3, 0.4) is 0 Å². The van der Waals surface area contributed by atoms with Crippen LogP contribution in [-0.2, 0) is 0 Å². The van der Waals surface area contributed by atoms with Gasteiger partial charge in [0.05, 0.1) is 0 Å². The zero-order chi connectivity index (χ0) is 10.4. The molecule has 0 radical (unpaired) electrons. The van der Waals surface area contributed by atoms with E-state index in [1.165, 1.54) is 0 Å². The van der Waals surface area contributed by atoms with E-state index < -0.39 is 0 Å². The third-order valence-corrected chi connectivity index (χ3v) is 1.93. The van der Waals surface area contributed by atoms with Crippen molar-refractivity contribution in [2.75, 3.05) is 5.75 Å². The minimum absolute atomic E-state index is 0.283. The maximum Gasteiger partial charge on any atom is 0.265 e. The first kappa shape index (κ1) is 10.8. The highest BCUT2D eigenvalue weighted by atomic mass is 32.1. The van der Waals surface area contributed by atoms with Gasteiger partial charge in [-0.15, -0.1) is 0 Å². The van der Waals surface area contributed by atoms with Crippen molar-refractivity contribution in [3.05, 3.63) is 41.5 Å². The lowest BCUT2D eigenvalue weighted by Gasteiger charge is -1.99. The van der Waals surface area contributed by atoms with Crippen LogP contribution in [0, 0.1) is 0 Å². The summed E-state index contributed by atoms with van der Waals surface area (Å²) < 4.78 is 0. The Morgan fingerprint density at radius 2 is 2.07 bits per heavy atom. The zero-order valence-corrected chi connectivity index (χ0v) is 8.50. The van der Waals surface area contributed by atoms with E-state index >= 15 is 0 Å². The van der Waals surface area contributed by atoms with Crippen molar-refractivity contribution in [3.63, 3.8) is 0 Å². The van der Waals surface area contributed by atoms with Gasteiger partial charge in [0.25, 0.3) is 5.91 Å². The smallest absolute Gasteiger partial charge is 0.265 e. The van der Waals surface area contributed by atoms with Gasteiger partial charge >= 0.3 is 0 Å². The summed E-state index contributed by atoms with van der Waals surface area (Å²) in [6, 6.07) is 7.15. The quantitative estimate of drug-likeness (QED) is 0.303. The Kier molecular flexibility index (Phi) is 4.22. The van der Waals surface area contributed by atoms with Gasteiger partial charge in [0.1, 0.15) is 0 Å². The molecule has 0 aliphatic rings. The molecule has 0 unspecified atom stereocenters. The lowest BCUT2D eigenvalue weighted by Crippen LogP contribution is -2.29. The molecule has 3 N–H and O–H groups in total. The van der Waals surface area contributed by atoms with E-state index in [9.17, 15) is 4.79 Å². The summed E-state index contributed by atoms with van der Waals surface area (Å²) in [5.41, 5.74) is 3.66. The maximum atomic E-state index is 11.1. The van der Waals surface area contributed by atoms with E-state index in [2.05, 4.69) is 18.1 Å². The van der Waals surface area contributed by atoms with Crippen LogP contribution in [-0.4, -0.2) is 11.7 Å². The lowest BCUT2D eigenvalue weighted by molar-refractivity contribution is 0.0953. The van der Waals surface area contributed by atoms with Crippen molar-refractivity contribution in [3.8, 4) is 0 Å². The normalized spacial score (nSPS) is 10.4. The molecule has 0 saturated heterocycles. The van der Waals surface area contributed by atoms with E-state index in [0.717, 1.165) is 5.56 Å². The van der Waals surface area contributed by atoms with Gasteiger partial charge in [-0.2, -0.15) is 12.6 Å². The standard InChI is InChI=1S/C10H12N2OS/c11-12-10(13)9-5-3-8(4-6-9)2-1-7-14/h1-6,14H,7,11H2,(H,12,13). The molecule has 1 rings (SSSR count). The molecular weight excluding hydrogens is 196 g/mol. The van der Waals surface area contributed by atoms with Crippen LogP contribution in [0.5, 0.6) is 0 Å². The average Bonchev–Trinajstić information content (AvgIpc) is 2.26. The number of hydrazine groups is 1. The molecule has 0 aliphatic heterocycles. The summed E-state index contributed by atoms with van der Waals surface area (Å²) >= 11 is 4.05. The summed E-state index contributed by atoms with van der Waals surface area (Å²) in [5, 5.41) is 0. The van der Waals surface area contributed by atoms with Crippen molar-refractivity contribution < 1.29 is 4.79 Å². The Morgan fingerprint density at radius 3 is 2.57 bits per heavy atom. The molecule has 0 bridgehead atoms. The number of carbonyl (C=O) groups is 1. The highest BCUT2D eigenvalue weighted by molar-refractivity contribution is 7.80. The first-order valence-corrected chi connectivity index (χ1v) is 4.79. The summed E-state index contributed by atoms with van der Waals surface area (Å²) in [5.74, 6) is 5.42. The average molecular weight is 208 g/mol. The third kappa shape index (κ3) is 2.90. The second kappa shape index (κ2) is 5.47. The van der Waals surface area contributed by atoms with Crippen LogP contribution in [0.1, 0.15) is 15.9 Å². The van der Waals surface area contributed by atoms with Gasteiger partial charge < -0.3 is 0 Å². The number of carbonyl (C=O) groups excluding carboxylic acids is 1. The predicted octanol–water partition coefficient (Wildman–Crippen LogP) is 1.23. The third-order valence-electron chi connectivity index (χ3n) is 1.72. The molecule has 0 spiro atoms. The van der Waals surface area contributed by atoms with Crippen LogP contribution in [0.15, 0.2) is 30.3 Å². The van der Waals surface area contributed by atoms with Crippen molar-refractivity contribution in [2.45, 2.75) is 0 Å². The molecule has 1 amide bonds. The fraction of sp³-hybridized carbons (Fsp3) is 0.100. The molecule has 3 nitrogen and oxygen atoms in total. The van der Waals surface area contributed by atoms with E-state index in [1.54, 1.807) is 12.1 Å². The summed E-state index contributed by atoms with van der Waals surface area (Å²) in [7, 11) is 0. The molecule has 0 aromatic heterocycles. The van der Waals surface area contributed by atoms with E-state index in [4.69, 9.17) is 5.84 Å². The summed E-state index contributed by atoms with van der Waals surface area (Å²) in [6.07, 6.45) is 3.87. The molecule has 1 aromatic rings. The minimum atomic E-state index is -0.283. The van der Waals surface area contributed by atoms with Gasteiger partial charge in [0.2, 0.25) is 0 Å². The second-order valence-electron chi connectivity index (χ2n) is 2.68. The number of nitrogens with two attached hydrogens (primary N) is 1. The van der Waals surface area contributed by atoms with Crippen molar-refractivity contribution in [1.29, 1.82) is 0 Å². The molecular formula is C10H12N2OS. The van der Waals surface area contributed by atoms with Crippen LogP contribution in [0.4, 0.5) is 0 Å². The first-order valence-electron chi connectivity index (χ1n) is 4.16. The number of nitrogen functional groups attached to an aromatic ring is 1. The van der Waals surface area contributed by atoms with Gasteiger partial charge in [-0.1, -0.05) is 24.3 Å². The maximum absolute atomic E-state index is 11.1. The van der Waals surface area contributed by atoms with Gasteiger partial charge in [-0.3, -0.25) is 10.2 Å². The number of thiol groups is 1. The van der Waals surface area contributed by atoms with Crippen LogP contribution in [0.25, 0.3) is 6.08 Å².